The van der Waals surface area contributed by atoms with Crippen LogP contribution < -0.4 is 10.1 Å². The van der Waals surface area contributed by atoms with Gasteiger partial charge in [0.25, 0.3) is 5.91 Å². The van der Waals surface area contributed by atoms with E-state index in [1.165, 1.54) is 4.90 Å². The molecular weight excluding hydrogens is 423 g/mol. The lowest BCUT2D eigenvalue weighted by molar-refractivity contribution is -0.142. The summed E-state index contributed by atoms with van der Waals surface area (Å²) in [7, 11) is 0. The van der Waals surface area contributed by atoms with Crippen LogP contribution in [0.1, 0.15) is 38.2 Å². The summed E-state index contributed by atoms with van der Waals surface area (Å²) in [5.41, 5.74) is 0.850. The summed E-state index contributed by atoms with van der Waals surface area (Å²) < 4.78 is 5.62. The molecule has 5 nitrogen and oxygen atoms in total. The van der Waals surface area contributed by atoms with Crippen LogP contribution in [0.4, 0.5) is 0 Å². The van der Waals surface area contributed by atoms with Gasteiger partial charge in [-0.2, -0.15) is 0 Å². The van der Waals surface area contributed by atoms with Gasteiger partial charge in [-0.1, -0.05) is 48.2 Å². The summed E-state index contributed by atoms with van der Waals surface area (Å²) in [4.78, 5) is 27.4. The molecule has 1 fully saturated rings. The molecule has 0 unspecified atom stereocenters. The van der Waals surface area contributed by atoms with Crippen molar-refractivity contribution < 1.29 is 14.3 Å². The average Bonchev–Trinajstić information content (AvgIpc) is 3.24. The van der Waals surface area contributed by atoms with E-state index in [0.717, 1.165) is 31.2 Å². The Morgan fingerprint density at radius 2 is 1.80 bits per heavy atom. The number of carbonyl (C=O) groups is 2. The molecule has 2 aromatic carbocycles. The Labute approximate surface area is 187 Å². The summed E-state index contributed by atoms with van der Waals surface area (Å²) in [6.07, 6.45) is 4.22. The Kier molecular flexibility index (Phi) is 8.00. The van der Waals surface area contributed by atoms with Gasteiger partial charge < -0.3 is 15.0 Å². The van der Waals surface area contributed by atoms with Crippen LogP contribution in [0, 0.1) is 0 Å². The summed E-state index contributed by atoms with van der Waals surface area (Å²) in [5, 5.41) is 4.25. The smallest absolute Gasteiger partial charge is 0.261 e. The molecule has 1 aliphatic rings. The van der Waals surface area contributed by atoms with Gasteiger partial charge in [-0.25, -0.2) is 0 Å². The molecule has 1 atom stereocenters. The van der Waals surface area contributed by atoms with Gasteiger partial charge in [0.05, 0.1) is 0 Å². The third-order valence-corrected chi connectivity index (χ3v) is 5.77. The first-order valence-electron chi connectivity index (χ1n) is 10.1. The molecule has 0 spiro atoms. The van der Waals surface area contributed by atoms with Gasteiger partial charge in [-0.05, 0) is 61.7 Å². The van der Waals surface area contributed by atoms with Gasteiger partial charge in [0.2, 0.25) is 5.91 Å². The van der Waals surface area contributed by atoms with E-state index in [9.17, 15) is 9.59 Å². The monoisotopic (exact) mass is 448 g/mol. The van der Waals surface area contributed by atoms with Gasteiger partial charge in [0, 0.05) is 22.6 Å². The fourth-order valence-corrected chi connectivity index (χ4v) is 3.90. The standard InChI is InChI=1S/C23H26Cl2N2O3/c1-16(23(29)26-20-7-2-3-8-20)27(14-17-5-4-6-19(25)13-17)22(28)15-30-21-11-9-18(24)10-12-21/h4-6,9-13,16,20H,2-3,7-8,14-15H2,1H3,(H,26,29)/t16-/m1/s1. The highest BCUT2D eigenvalue weighted by Gasteiger charge is 2.28. The number of nitrogens with one attached hydrogen (secondary N) is 1. The lowest BCUT2D eigenvalue weighted by Crippen LogP contribution is -2.50. The van der Waals surface area contributed by atoms with E-state index < -0.39 is 6.04 Å². The lowest BCUT2D eigenvalue weighted by Gasteiger charge is -2.29. The first-order valence-corrected chi connectivity index (χ1v) is 10.9. The molecule has 1 N–H and O–H groups in total. The molecule has 2 amide bonds. The molecule has 0 saturated heterocycles. The second-order valence-electron chi connectivity index (χ2n) is 7.56. The summed E-state index contributed by atoms with van der Waals surface area (Å²) in [6, 6.07) is 13.6. The van der Waals surface area contributed by atoms with Gasteiger partial charge in [-0.3, -0.25) is 9.59 Å². The first kappa shape index (κ1) is 22.4. The van der Waals surface area contributed by atoms with Gasteiger partial charge >= 0.3 is 0 Å². The number of hydrogen-bond donors (Lipinski definition) is 1. The van der Waals surface area contributed by atoms with Crippen molar-refractivity contribution >= 4 is 35.0 Å². The SMILES string of the molecule is C[C@H](C(=O)NC1CCCC1)N(Cc1cccc(Cl)c1)C(=O)COc1ccc(Cl)cc1. The predicted molar refractivity (Wildman–Crippen MR) is 119 cm³/mol. The molecule has 1 saturated carbocycles. The zero-order chi connectivity index (χ0) is 21.5. The molecule has 3 rings (SSSR count). The van der Waals surface area contributed by atoms with Crippen molar-refractivity contribution in [2.75, 3.05) is 6.61 Å². The Morgan fingerprint density at radius 1 is 1.10 bits per heavy atom. The van der Waals surface area contributed by atoms with E-state index in [0.29, 0.717) is 15.8 Å². The van der Waals surface area contributed by atoms with Crippen LogP contribution >= 0.6 is 23.2 Å². The topological polar surface area (TPSA) is 58.6 Å². The normalized spacial score (nSPS) is 14.9. The molecule has 0 bridgehead atoms. The van der Waals surface area contributed by atoms with E-state index >= 15 is 0 Å². The van der Waals surface area contributed by atoms with Crippen molar-refractivity contribution in [3.8, 4) is 5.75 Å². The van der Waals surface area contributed by atoms with Crippen LogP contribution in [0.15, 0.2) is 48.5 Å². The van der Waals surface area contributed by atoms with Crippen molar-refractivity contribution in [2.24, 2.45) is 0 Å². The minimum absolute atomic E-state index is 0.149. The fourth-order valence-electron chi connectivity index (χ4n) is 3.57. The molecule has 160 valence electrons. The fraction of sp³-hybridized carbons (Fsp3) is 0.391. The van der Waals surface area contributed by atoms with E-state index in [2.05, 4.69) is 5.32 Å². The van der Waals surface area contributed by atoms with E-state index in [1.807, 2.05) is 12.1 Å². The number of halogens is 2. The van der Waals surface area contributed by atoms with E-state index in [1.54, 1.807) is 43.3 Å². The largest absolute Gasteiger partial charge is 0.484 e. The zero-order valence-electron chi connectivity index (χ0n) is 16.9. The molecule has 1 aliphatic carbocycles. The number of rotatable bonds is 8. The molecule has 0 aromatic heterocycles. The van der Waals surface area contributed by atoms with E-state index in [-0.39, 0.29) is 31.0 Å². The zero-order valence-corrected chi connectivity index (χ0v) is 18.5. The van der Waals surface area contributed by atoms with Crippen molar-refractivity contribution in [1.82, 2.24) is 10.2 Å². The molecule has 30 heavy (non-hydrogen) atoms. The summed E-state index contributed by atoms with van der Waals surface area (Å²) in [6.45, 7) is 1.83. The lowest BCUT2D eigenvalue weighted by atomic mass is 10.1. The second-order valence-corrected chi connectivity index (χ2v) is 8.43. The number of carbonyl (C=O) groups excluding carboxylic acids is 2. The molecular formula is C23H26Cl2N2O3. The highest BCUT2D eigenvalue weighted by molar-refractivity contribution is 6.30. The molecule has 0 radical (unpaired) electrons. The van der Waals surface area contributed by atoms with Crippen LogP contribution in [0.25, 0.3) is 0 Å². The Hall–Kier alpha value is -2.24. The Balaban J connectivity index is 1.70. The molecule has 0 heterocycles. The van der Waals surface area contributed by atoms with Crippen LogP contribution in [0.5, 0.6) is 5.75 Å². The van der Waals surface area contributed by atoms with Crippen LogP contribution in [-0.4, -0.2) is 35.4 Å². The Morgan fingerprint density at radius 3 is 2.47 bits per heavy atom. The Bertz CT molecular complexity index is 867. The highest BCUT2D eigenvalue weighted by atomic mass is 35.5. The summed E-state index contributed by atoms with van der Waals surface area (Å²) in [5.74, 6) is 0.112. The van der Waals surface area contributed by atoms with Gasteiger partial charge in [0.15, 0.2) is 6.61 Å². The van der Waals surface area contributed by atoms with E-state index in [4.69, 9.17) is 27.9 Å². The minimum Gasteiger partial charge on any atom is -0.484 e. The quantitative estimate of drug-likeness (QED) is 0.627. The number of ether oxygens (including phenoxy) is 1. The number of benzene rings is 2. The maximum Gasteiger partial charge on any atom is 0.261 e. The first-order chi connectivity index (χ1) is 14.4. The maximum atomic E-state index is 13.0. The van der Waals surface area contributed by atoms with Crippen molar-refractivity contribution in [3.05, 3.63) is 64.1 Å². The van der Waals surface area contributed by atoms with Crippen molar-refractivity contribution in [2.45, 2.75) is 51.2 Å². The van der Waals surface area contributed by atoms with Crippen molar-refractivity contribution in [1.29, 1.82) is 0 Å². The molecule has 0 aliphatic heterocycles. The highest BCUT2D eigenvalue weighted by Crippen LogP contribution is 2.20. The minimum atomic E-state index is -0.633. The van der Waals surface area contributed by atoms with Gasteiger partial charge in [-0.15, -0.1) is 0 Å². The van der Waals surface area contributed by atoms with Crippen molar-refractivity contribution in [3.63, 3.8) is 0 Å². The van der Waals surface area contributed by atoms with Crippen LogP contribution in [0.2, 0.25) is 10.0 Å². The van der Waals surface area contributed by atoms with Gasteiger partial charge in [0.1, 0.15) is 11.8 Å². The summed E-state index contributed by atoms with van der Waals surface area (Å²) >= 11 is 12.0. The molecule has 2 aromatic rings. The molecule has 7 heteroatoms. The predicted octanol–water partition coefficient (Wildman–Crippen LogP) is 4.85. The number of nitrogens with zero attached hydrogens (tertiary/aromatic N) is 1. The average molecular weight is 449 g/mol. The maximum absolute atomic E-state index is 13.0. The number of hydrogen-bond acceptors (Lipinski definition) is 3. The second kappa shape index (κ2) is 10.7. The number of amides is 2. The third-order valence-electron chi connectivity index (χ3n) is 5.29. The third kappa shape index (κ3) is 6.38. The van der Waals surface area contributed by atoms with Crippen LogP contribution in [0.3, 0.4) is 0 Å². The van der Waals surface area contributed by atoms with Crippen LogP contribution in [-0.2, 0) is 16.1 Å².